The van der Waals surface area contributed by atoms with Gasteiger partial charge in [0.2, 0.25) is 6.29 Å². The number of alkyl halides is 14. The van der Waals surface area contributed by atoms with E-state index in [0.29, 0.717) is 0 Å². The van der Waals surface area contributed by atoms with Crippen molar-refractivity contribution in [3.8, 4) is 0 Å². The molecule has 16 heteroatoms. The van der Waals surface area contributed by atoms with E-state index in [1.807, 2.05) is 4.74 Å². The van der Waals surface area contributed by atoms with Crippen LogP contribution in [0.1, 0.15) is 0 Å². The summed E-state index contributed by atoms with van der Waals surface area (Å²) in [6.45, 7) is -3.51. The molecule has 0 amide bonds. The first-order chi connectivity index (χ1) is 10.2. The topological polar surface area (TPSA) is 29.5 Å². The monoisotopic (exact) mass is 398 g/mol. The van der Waals surface area contributed by atoms with Gasteiger partial charge >= 0.3 is 36.0 Å². The van der Waals surface area contributed by atoms with Crippen LogP contribution in [0, 0.1) is 0 Å². The molecule has 2 nitrogen and oxygen atoms in total. The molecule has 1 unspecified atom stereocenters. The number of halogens is 14. The van der Waals surface area contributed by atoms with Crippen LogP contribution >= 0.6 is 0 Å². The van der Waals surface area contributed by atoms with Gasteiger partial charge in [0.15, 0.2) is 6.67 Å². The Labute approximate surface area is 122 Å². The van der Waals surface area contributed by atoms with E-state index in [4.69, 9.17) is 5.11 Å². The fraction of sp³-hybridized carbons (Fsp3) is 1.00. The highest BCUT2D eigenvalue weighted by Crippen LogP contribution is 2.51. The first kappa shape index (κ1) is 22.9. The Bertz CT molecular complexity index is 441. The summed E-state index contributed by atoms with van der Waals surface area (Å²) in [6, 6.07) is 0. The zero-order valence-electron chi connectivity index (χ0n) is 10.4. The summed E-state index contributed by atoms with van der Waals surface area (Å²) in [5.74, 6) is -27.5. The fourth-order valence-corrected chi connectivity index (χ4v) is 0.929. The molecule has 1 atom stereocenters. The number of hydrogen-bond donors (Lipinski definition) is 1. The lowest BCUT2D eigenvalue weighted by molar-refractivity contribution is -0.465. The average Bonchev–Trinajstić information content (AvgIpc) is 2.35. The summed E-state index contributed by atoms with van der Waals surface area (Å²) < 4.78 is 174. The Morgan fingerprint density at radius 1 is 0.708 bits per heavy atom. The van der Waals surface area contributed by atoms with Crippen molar-refractivity contribution in [3.63, 3.8) is 0 Å². The van der Waals surface area contributed by atoms with Crippen molar-refractivity contribution in [3.05, 3.63) is 0 Å². The van der Waals surface area contributed by atoms with E-state index in [2.05, 4.69) is 0 Å². The molecule has 0 saturated heterocycles. The second-order valence-corrected chi connectivity index (χ2v) is 4.09. The number of ether oxygens (including phenoxy) is 1. The Balaban J connectivity index is 5.68. The van der Waals surface area contributed by atoms with Gasteiger partial charge in [-0.1, -0.05) is 0 Å². The Morgan fingerprint density at radius 2 is 1.08 bits per heavy atom. The highest BCUT2D eigenvalue weighted by molar-refractivity contribution is 4.96. The summed E-state index contributed by atoms with van der Waals surface area (Å²) in [6.07, 6.45) is -19.4. The molecule has 0 aliphatic carbocycles. The summed E-state index contributed by atoms with van der Waals surface area (Å²) in [5.41, 5.74) is 0. The van der Waals surface area contributed by atoms with Crippen molar-refractivity contribution >= 4 is 0 Å². The van der Waals surface area contributed by atoms with Crippen molar-refractivity contribution < 1.29 is 71.3 Å². The van der Waals surface area contributed by atoms with Crippen LogP contribution in [0.4, 0.5) is 61.5 Å². The van der Waals surface area contributed by atoms with Gasteiger partial charge in [-0.15, -0.1) is 0 Å². The molecule has 0 radical (unpaired) electrons. The summed E-state index contributed by atoms with van der Waals surface area (Å²) in [4.78, 5) is 0. The first-order valence-corrected chi connectivity index (χ1v) is 5.06. The number of hydrogen-bond acceptors (Lipinski definition) is 2. The van der Waals surface area contributed by atoms with Crippen LogP contribution in [0.15, 0.2) is 0 Å². The first-order valence-electron chi connectivity index (χ1n) is 5.06. The molecule has 0 aromatic heterocycles. The van der Waals surface area contributed by atoms with E-state index < -0.39 is 48.9 Å². The molecule has 0 saturated carbocycles. The molecular weight excluding hydrogens is 394 g/mol. The standard InChI is InChI=1S/C8H4F14O2/c9-1-3(10,11)5(14,15)8(21,22)24-2(23)4(12,13)6(16,17)7(18,19)20/h2,23H,1H2. The van der Waals surface area contributed by atoms with Gasteiger partial charge < -0.3 is 5.11 Å². The predicted octanol–water partition coefficient (Wildman–Crippen LogP) is 3.99. The molecule has 0 aliphatic rings. The largest absolute Gasteiger partial charge is 0.460 e. The van der Waals surface area contributed by atoms with Gasteiger partial charge in [-0.25, -0.2) is 4.39 Å². The number of aliphatic hydroxyl groups excluding tert-OH is 1. The van der Waals surface area contributed by atoms with Crippen molar-refractivity contribution in [2.24, 2.45) is 0 Å². The minimum Gasteiger partial charge on any atom is -0.363 e. The van der Waals surface area contributed by atoms with Crippen LogP contribution in [-0.4, -0.2) is 54.0 Å². The third-order valence-electron chi connectivity index (χ3n) is 2.34. The Hall–Kier alpha value is -1.06. The summed E-state index contributed by atoms with van der Waals surface area (Å²) >= 11 is 0. The predicted molar refractivity (Wildman–Crippen MR) is 43.9 cm³/mol. The van der Waals surface area contributed by atoms with E-state index in [9.17, 15) is 61.5 Å². The smallest absolute Gasteiger partial charge is 0.363 e. The molecule has 24 heavy (non-hydrogen) atoms. The SMILES string of the molecule is OC(OC(F)(F)C(F)(F)C(F)(F)CF)C(F)(F)C(F)(F)C(F)(F)F. The van der Waals surface area contributed by atoms with Crippen LogP contribution in [0.5, 0.6) is 0 Å². The van der Waals surface area contributed by atoms with Crippen molar-refractivity contribution in [2.75, 3.05) is 6.67 Å². The fourth-order valence-electron chi connectivity index (χ4n) is 0.929. The van der Waals surface area contributed by atoms with Gasteiger partial charge in [-0.2, -0.15) is 57.1 Å². The van der Waals surface area contributed by atoms with E-state index in [0.717, 1.165) is 0 Å². The maximum absolute atomic E-state index is 12.7. The molecule has 0 fully saturated rings. The Morgan fingerprint density at radius 3 is 1.38 bits per heavy atom. The molecule has 0 aromatic rings. The highest BCUT2D eigenvalue weighted by Gasteiger charge is 2.79. The van der Waals surface area contributed by atoms with Crippen LogP contribution in [0.3, 0.4) is 0 Å². The molecular formula is C8H4F14O2. The van der Waals surface area contributed by atoms with Crippen LogP contribution in [0.25, 0.3) is 0 Å². The van der Waals surface area contributed by atoms with E-state index in [1.165, 1.54) is 0 Å². The zero-order valence-corrected chi connectivity index (χ0v) is 10.4. The Kier molecular flexibility index (Phi) is 5.76. The van der Waals surface area contributed by atoms with Crippen LogP contribution in [-0.2, 0) is 4.74 Å². The summed E-state index contributed by atoms with van der Waals surface area (Å²) in [5, 5.41) is 8.21. The van der Waals surface area contributed by atoms with Gasteiger partial charge in [0.05, 0.1) is 0 Å². The van der Waals surface area contributed by atoms with Gasteiger partial charge in [0.1, 0.15) is 0 Å². The third-order valence-corrected chi connectivity index (χ3v) is 2.34. The quantitative estimate of drug-likeness (QED) is 0.520. The molecule has 0 aromatic carbocycles. The summed E-state index contributed by atoms with van der Waals surface area (Å²) in [7, 11) is 0. The lowest BCUT2D eigenvalue weighted by Crippen LogP contribution is -2.63. The maximum Gasteiger partial charge on any atom is 0.460 e. The van der Waals surface area contributed by atoms with Crippen molar-refractivity contribution in [1.82, 2.24) is 0 Å². The van der Waals surface area contributed by atoms with Gasteiger partial charge in [-0.05, 0) is 0 Å². The maximum atomic E-state index is 12.7. The lowest BCUT2D eigenvalue weighted by atomic mass is 10.1. The molecule has 0 rings (SSSR count). The molecule has 0 heterocycles. The minimum absolute atomic E-state index is 1.93. The third kappa shape index (κ3) is 3.48. The molecule has 146 valence electrons. The minimum atomic E-state index is -7.27. The van der Waals surface area contributed by atoms with E-state index in [-0.39, 0.29) is 0 Å². The van der Waals surface area contributed by atoms with Gasteiger partial charge in [-0.3, -0.25) is 4.74 Å². The molecule has 0 bridgehead atoms. The number of aliphatic hydroxyl groups is 1. The van der Waals surface area contributed by atoms with E-state index in [1.54, 1.807) is 0 Å². The van der Waals surface area contributed by atoms with Crippen LogP contribution in [0.2, 0.25) is 0 Å². The van der Waals surface area contributed by atoms with Gasteiger partial charge in [0.25, 0.3) is 0 Å². The molecule has 0 aliphatic heterocycles. The molecule has 0 spiro atoms. The normalized spacial score (nSPS) is 17.1. The van der Waals surface area contributed by atoms with Crippen molar-refractivity contribution in [1.29, 1.82) is 0 Å². The van der Waals surface area contributed by atoms with Crippen LogP contribution < -0.4 is 0 Å². The highest BCUT2D eigenvalue weighted by atomic mass is 19.4. The zero-order chi connectivity index (χ0) is 20.0. The average molecular weight is 398 g/mol. The number of rotatable bonds is 7. The second kappa shape index (κ2) is 6.03. The van der Waals surface area contributed by atoms with Crippen molar-refractivity contribution in [2.45, 2.75) is 42.3 Å². The van der Waals surface area contributed by atoms with Gasteiger partial charge in [0, 0.05) is 0 Å². The lowest BCUT2D eigenvalue weighted by Gasteiger charge is -2.35. The molecule has 1 N–H and O–H groups in total. The second-order valence-electron chi connectivity index (χ2n) is 4.09. The van der Waals surface area contributed by atoms with E-state index >= 15 is 0 Å².